The highest BCUT2D eigenvalue weighted by molar-refractivity contribution is 5.34. The molecule has 0 atom stereocenters. The highest BCUT2D eigenvalue weighted by Gasteiger charge is 2.15. The van der Waals surface area contributed by atoms with Crippen molar-refractivity contribution >= 4 is 5.95 Å². The molecule has 90 valence electrons. The van der Waals surface area contributed by atoms with Gasteiger partial charge in [-0.2, -0.15) is 0 Å². The fraction of sp³-hybridized carbons (Fsp3) is 0.750. The number of imidazole rings is 1. The Bertz CT molecular complexity index is 324. The average Bonchev–Trinajstić information content (AvgIpc) is 2.55. The fourth-order valence-corrected chi connectivity index (χ4v) is 2.16. The van der Waals surface area contributed by atoms with Crippen LogP contribution in [0.15, 0.2) is 6.20 Å². The summed E-state index contributed by atoms with van der Waals surface area (Å²) in [5.74, 6) is 1.16. The van der Waals surface area contributed by atoms with Gasteiger partial charge in [0.15, 0.2) is 0 Å². The number of nitrogens with zero attached hydrogens (tertiary/aromatic N) is 3. The quantitative estimate of drug-likeness (QED) is 0.836. The lowest BCUT2D eigenvalue weighted by Crippen LogP contribution is -2.30. The molecule has 0 aromatic carbocycles. The van der Waals surface area contributed by atoms with Crippen LogP contribution in [0.2, 0.25) is 0 Å². The molecule has 0 amide bonds. The van der Waals surface area contributed by atoms with Crippen LogP contribution in [0.3, 0.4) is 0 Å². The van der Waals surface area contributed by atoms with Crippen LogP contribution in [0, 0.1) is 0 Å². The molecular weight excluding hydrogens is 200 g/mol. The first-order chi connectivity index (χ1) is 7.85. The van der Waals surface area contributed by atoms with Gasteiger partial charge in [0.1, 0.15) is 0 Å². The van der Waals surface area contributed by atoms with E-state index in [1.165, 1.54) is 12.1 Å². The Kier molecular flexibility index (Phi) is 3.83. The van der Waals surface area contributed by atoms with Gasteiger partial charge in [0.05, 0.1) is 5.69 Å². The summed E-state index contributed by atoms with van der Waals surface area (Å²) in [7, 11) is 0. The molecule has 0 radical (unpaired) electrons. The average molecular weight is 222 g/mol. The predicted molar refractivity (Wildman–Crippen MR) is 67.0 cm³/mol. The number of rotatable bonds is 3. The molecule has 4 nitrogen and oxygen atoms in total. The molecule has 0 spiro atoms. The molecule has 1 aromatic rings. The van der Waals surface area contributed by atoms with E-state index in [2.05, 4.69) is 34.8 Å². The van der Waals surface area contributed by atoms with Gasteiger partial charge >= 0.3 is 0 Å². The molecular formula is C12H22N4. The van der Waals surface area contributed by atoms with Crippen molar-refractivity contribution in [3.8, 4) is 0 Å². The SMILES string of the molecule is CCc1cn(CC)c(N2CCCNCC2)n1. The second-order valence-corrected chi connectivity index (χ2v) is 4.26. The summed E-state index contributed by atoms with van der Waals surface area (Å²) in [6.07, 6.45) is 4.41. The molecule has 1 aromatic heterocycles. The smallest absolute Gasteiger partial charge is 0.205 e. The van der Waals surface area contributed by atoms with E-state index in [1.807, 2.05) is 0 Å². The van der Waals surface area contributed by atoms with Crippen molar-refractivity contribution in [2.75, 3.05) is 31.1 Å². The Morgan fingerprint density at radius 2 is 2.19 bits per heavy atom. The second-order valence-electron chi connectivity index (χ2n) is 4.26. The van der Waals surface area contributed by atoms with Gasteiger partial charge in [0, 0.05) is 32.4 Å². The topological polar surface area (TPSA) is 33.1 Å². The summed E-state index contributed by atoms with van der Waals surface area (Å²) in [6, 6.07) is 0. The summed E-state index contributed by atoms with van der Waals surface area (Å²) < 4.78 is 2.27. The van der Waals surface area contributed by atoms with Crippen LogP contribution >= 0.6 is 0 Å². The van der Waals surface area contributed by atoms with Crippen LogP contribution < -0.4 is 10.2 Å². The highest BCUT2D eigenvalue weighted by Crippen LogP contribution is 2.15. The Labute approximate surface area is 97.7 Å². The number of aryl methyl sites for hydroxylation is 2. The maximum Gasteiger partial charge on any atom is 0.205 e. The molecule has 1 N–H and O–H groups in total. The Morgan fingerprint density at radius 3 is 2.94 bits per heavy atom. The third-order valence-corrected chi connectivity index (χ3v) is 3.13. The maximum atomic E-state index is 4.73. The van der Waals surface area contributed by atoms with E-state index in [-0.39, 0.29) is 0 Å². The largest absolute Gasteiger partial charge is 0.341 e. The van der Waals surface area contributed by atoms with Crippen molar-refractivity contribution in [2.24, 2.45) is 0 Å². The lowest BCUT2D eigenvalue weighted by Gasteiger charge is -2.21. The van der Waals surface area contributed by atoms with Crippen molar-refractivity contribution in [3.63, 3.8) is 0 Å². The number of hydrogen-bond donors (Lipinski definition) is 1. The van der Waals surface area contributed by atoms with E-state index in [1.54, 1.807) is 0 Å². The molecule has 2 rings (SSSR count). The Hall–Kier alpha value is -1.03. The minimum absolute atomic E-state index is 1.01. The van der Waals surface area contributed by atoms with Crippen LogP contribution in [-0.4, -0.2) is 35.7 Å². The lowest BCUT2D eigenvalue weighted by atomic mass is 10.4. The van der Waals surface area contributed by atoms with E-state index in [4.69, 9.17) is 4.98 Å². The summed E-state index contributed by atoms with van der Waals surface area (Å²) >= 11 is 0. The van der Waals surface area contributed by atoms with Gasteiger partial charge in [-0.25, -0.2) is 4.98 Å². The number of nitrogens with one attached hydrogen (secondary N) is 1. The normalized spacial score (nSPS) is 17.5. The zero-order valence-electron chi connectivity index (χ0n) is 10.4. The van der Waals surface area contributed by atoms with Crippen LogP contribution in [0.4, 0.5) is 5.95 Å². The second kappa shape index (κ2) is 5.34. The van der Waals surface area contributed by atoms with E-state index < -0.39 is 0 Å². The molecule has 1 fully saturated rings. The standard InChI is InChI=1S/C12H22N4/c1-3-11-10-15(4-2)12(14-11)16-8-5-6-13-7-9-16/h10,13H,3-9H2,1-2H3. The number of anilines is 1. The predicted octanol–water partition coefficient (Wildman–Crippen LogP) is 1.27. The molecule has 1 aliphatic heterocycles. The van der Waals surface area contributed by atoms with E-state index in [0.717, 1.165) is 45.1 Å². The van der Waals surface area contributed by atoms with Gasteiger partial charge < -0.3 is 14.8 Å². The Balaban J connectivity index is 2.19. The number of hydrogen-bond acceptors (Lipinski definition) is 3. The third-order valence-electron chi connectivity index (χ3n) is 3.13. The molecule has 0 saturated carbocycles. The Morgan fingerprint density at radius 1 is 1.31 bits per heavy atom. The maximum absolute atomic E-state index is 4.73. The molecule has 1 saturated heterocycles. The monoisotopic (exact) mass is 222 g/mol. The molecule has 4 heteroatoms. The van der Waals surface area contributed by atoms with Gasteiger partial charge in [-0.05, 0) is 26.3 Å². The van der Waals surface area contributed by atoms with E-state index in [9.17, 15) is 0 Å². The minimum Gasteiger partial charge on any atom is -0.341 e. The van der Waals surface area contributed by atoms with Gasteiger partial charge in [0.25, 0.3) is 0 Å². The molecule has 0 aliphatic carbocycles. The van der Waals surface area contributed by atoms with Gasteiger partial charge in [-0.15, -0.1) is 0 Å². The highest BCUT2D eigenvalue weighted by atomic mass is 15.3. The van der Waals surface area contributed by atoms with Crippen LogP contribution in [-0.2, 0) is 13.0 Å². The first-order valence-electron chi connectivity index (χ1n) is 6.36. The first kappa shape index (κ1) is 11.5. The van der Waals surface area contributed by atoms with Crippen LogP contribution in [0.25, 0.3) is 0 Å². The minimum atomic E-state index is 1.01. The van der Waals surface area contributed by atoms with Crippen LogP contribution in [0.5, 0.6) is 0 Å². The molecule has 0 unspecified atom stereocenters. The molecule has 1 aliphatic rings. The summed E-state index contributed by atoms with van der Waals surface area (Å²) in [5, 5.41) is 3.43. The summed E-state index contributed by atoms with van der Waals surface area (Å²) in [5.41, 5.74) is 1.20. The van der Waals surface area contributed by atoms with Gasteiger partial charge in [-0.1, -0.05) is 6.92 Å². The van der Waals surface area contributed by atoms with E-state index in [0.29, 0.717) is 0 Å². The molecule has 16 heavy (non-hydrogen) atoms. The van der Waals surface area contributed by atoms with Crippen molar-refractivity contribution in [1.82, 2.24) is 14.9 Å². The van der Waals surface area contributed by atoms with Crippen molar-refractivity contribution < 1.29 is 0 Å². The van der Waals surface area contributed by atoms with E-state index >= 15 is 0 Å². The molecule has 2 heterocycles. The zero-order chi connectivity index (χ0) is 11.4. The van der Waals surface area contributed by atoms with Crippen molar-refractivity contribution in [3.05, 3.63) is 11.9 Å². The fourth-order valence-electron chi connectivity index (χ4n) is 2.16. The zero-order valence-corrected chi connectivity index (χ0v) is 10.4. The summed E-state index contributed by atoms with van der Waals surface area (Å²) in [6.45, 7) is 9.73. The third kappa shape index (κ3) is 2.38. The summed E-state index contributed by atoms with van der Waals surface area (Å²) in [4.78, 5) is 7.13. The van der Waals surface area contributed by atoms with Crippen LogP contribution in [0.1, 0.15) is 26.0 Å². The first-order valence-corrected chi connectivity index (χ1v) is 6.36. The van der Waals surface area contributed by atoms with Gasteiger partial charge in [0.2, 0.25) is 5.95 Å². The van der Waals surface area contributed by atoms with Gasteiger partial charge in [-0.3, -0.25) is 0 Å². The molecule has 0 bridgehead atoms. The van der Waals surface area contributed by atoms with Crippen molar-refractivity contribution in [2.45, 2.75) is 33.2 Å². The lowest BCUT2D eigenvalue weighted by molar-refractivity contribution is 0.699. The van der Waals surface area contributed by atoms with Crippen molar-refractivity contribution in [1.29, 1.82) is 0 Å². The number of aromatic nitrogens is 2.